The summed E-state index contributed by atoms with van der Waals surface area (Å²) in [5.41, 5.74) is 3.24. The Labute approximate surface area is 119 Å². The van der Waals surface area contributed by atoms with Crippen LogP contribution in [-0.2, 0) is 6.42 Å². The Morgan fingerprint density at radius 2 is 1.75 bits per heavy atom. The second-order valence-corrected chi connectivity index (χ2v) is 5.80. The van der Waals surface area contributed by atoms with Crippen molar-refractivity contribution < 1.29 is 8.78 Å². The van der Waals surface area contributed by atoms with Crippen LogP contribution in [-0.4, -0.2) is 6.04 Å². The maximum Gasteiger partial charge on any atom is 0.162 e. The third kappa shape index (κ3) is 4.00. The molecule has 2 nitrogen and oxygen atoms in total. The fourth-order valence-electron chi connectivity index (χ4n) is 3.19. The van der Waals surface area contributed by atoms with Crippen molar-refractivity contribution in [3.63, 3.8) is 0 Å². The average molecular weight is 282 g/mol. The quantitative estimate of drug-likeness (QED) is 0.653. The highest BCUT2D eigenvalue weighted by molar-refractivity contribution is 5.20. The highest BCUT2D eigenvalue weighted by Crippen LogP contribution is 2.27. The summed E-state index contributed by atoms with van der Waals surface area (Å²) >= 11 is 0. The van der Waals surface area contributed by atoms with Crippen molar-refractivity contribution in [2.24, 2.45) is 11.8 Å². The van der Waals surface area contributed by atoms with Crippen LogP contribution >= 0.6 is 0 Å². The van der Waals surface area contributed by atoms with Gasteiger partial charge in [0.05, 0.1) is 0 Å². The first-order valence-corrected chi connectivity index (χ1v) is 7.61. The van der Waals surface area contributed by atoms with E-state index in [2.05, 4.69) is 5.43 Å². The summed E-state index contributed by atoms with van der Waals surface area (Å²) in [5.74, 6) is 4.59. The number of benzene rings is 1. The lowest BCUT2D eigenvalue weighted by molar-refractivity contribution is 0.283. The number of hydrazine groups is 1. The molecule has 1 atom stereocenters. The normalized spacial score (nSPS) is 19.4. The number of hydrogen-bond donors (Lipinski definition) is 2. The van der Waals surface area contributed by atoms with Gasteiger partial charge >= 0.3 is 0 Å². The summed E-state index contributed by atoms with van der Waals surface area (Å²) in [6.45, 7) is 0. The third-order valence-electron chi connectivity index (χ3n) is 4.40. The van der Waals surface area contributed by atoms with Gasteiger partial charge in [-0.2, -0.15) is 0 Å². The topological polar surface area (TPSA) is 38.0 Å². The second kappa shape index (κ2) is 7.70. The molecule has 0 aliphatic heterocycles. The van der Waals surface area contributed by atoms with Crippen molar-refractivity contribution in [1.29, 1.82) is 0 Å². The van der Waals surface area contributed by atoms with Crippen molar-refractivity contribution in [3.8, 4) is 0 Å². The van der Waals surface area contributed by atoms with Crippen molar-refractivity contribution in [2.45, 2.75) is 57.4 Å². The van der Waals surface area contributed by atoms with Crippen LogP contribution in [0.3, 0.4) is 0 Å². The molecule has 2 rings (SSSR count). The van der Waals surface area contributed by atoms with Gasteiger partial charge in [0.25, 0.3) is 0 Å². The number of hydrogen-bond acceptors (Lipinski definition) is 2. The first-order valence-electron chi connectivity index (χ1n) is 7.61. The molecule has 20 heavy (non-hydrogen) atoms. The molecule has 0 heterocycles. The molecule has 1 aromatic carbocycles. The van der Waals surface area contributed by atoms with Gasteiger partial charge in [-0.15, -0.1) is 0 Å². The van der Waals surface area contributed by atoms with Gasteiger partial charge in [0.1, 0.15) is 0 Å². The summed E-state index contributed by atoms with van der Waals surface area (Å²) in [7, 11) is 0. The first-order chi connectivity index (χ1) is 9.72. The summed E-state index contributed by atoms with van der Waals surface area (Å²) < 4.78 is 27.0. The molecule has 0 saturated heterocycles. The predicted molar refractivity (Wildman–Crippen MR) is 77.0 cm³/mol. The zero-order valence-corrected chi connectivity index (χ0v) is 11.9. The molecule has 3 N–H and O–H groups in total. The van der Waals surface area contributed by atoms with Gasteiger partial charge in [-0.25, -0.2) is 8.78 Å². The summed E-state index contributed by atoms with van der Waals surface area (Å²) in [6, 6.07) is 4.37. The van der Waals surface area contributed by atoms with Gasteiger partial charge in [-0.3, -0.25) is 11.3 Å². The zero-order valence-electron chi connectivity index (χ0n) is 11.9. The van der Waals surface area contributed by atoms with Crippen LogP contribution in [0.1, 0.15) is 50.5 Å². The van der Waals surface area contributed by atoms with Gasteiger partial charge in [-0.1, -0.05) is 44.2 Å². The molecule has 1 unspecified atom stereocenters. The average Bonchev–Trinajstić information content (AvgIpc) is 2.41. The number of nitrogens with two attached hydrogens (primary N) is 1. The SMILES string of the molecule is NNC(Cc1cccc(F)c1F)C1CCCCCCC1. The van der Waals surface area contributed by atoms with E-state index in [1.165, 1.54) is 32.1 Å². The maximum absolute atomic E-state index is 13.8. The highest BCUT2D eigenvalue weighted by Gasteiger charge is 2.23. The van der Waals surface area contributed by atoms with Gasteiger partial charge in [-0.05, 0) is 36.8 Å². The van der Waals surface area contributed by atoms with Crippen LogP contribution in [0.25, 0.3) is 0 Å². The van der Waals surface area contributed by atoms with E-state index in [1.54, 1.807) is 12.1 Å². The Balaban J connectivity index is 2.05. The van der Waals surface area contributed by atoms with Crippen molar-refractivity contribution in [3.05, 3.63) is 35.4 Å². The number of rotatable bonds is 4. The van der Waals surface area contributed by atoms with E-state index in [9.17, 15) is 8.78 Å². The van der Waals surface area contributed by atoms with E-state index >= 15 is 0 Å². The van der Waals surface area contributed by atoms with Gasteiger partial charge in [0.2, 0.25) is 0 Å². The molecule has 0 amide bonds. The van der Waals surface area contributed by atoms with Crippen LogP contribution in [0, 0.1) is 17.6 Å². The highest BCUT2D eigenvalue weighted by atomic mass is 19.2. The van der Waals surface area contributed by atoms with Crippen LogP contribution < -0.4 is 11.3 Å². The standard InChI is InChI=1S/C16H24F2N2/c17-14-10-6-9-13(16(14)18)11-15(20-19)12-7-4-2-1-3-5-8-12/h6,9-10,12,15,20H,1-5,7-8,11,19H2. The summed E-state index contributed by atoms with van der Waals surface area (Å²) in [4.78, 5) is 0. The van der Waals surface area contributed by atoms with Crippen molar-refractivity contribution in [1.82, 2.24) is 5.43 Å². The molecule has 4 heteroatoms. The van der Waals surface area contributed by atoms with E-state index in [0.717, 1.165) is 18.9 Å². The Morgan fingerprint density at radius 3 is 2.40 bits per heavy atom. The number of nitrogens with one attached hydrogen (secondary N) is 1. The lowest BCUT2D eigenvalue weighted by Crippen LogP contribution is -2.43. The van der Waals surface area contributed by atoms with E-state index in [4.69, 9.17) is 5.84 Å². The fraction of sp³-hybridized carbons (Fsp3) is 0.625. The maximum atomic E-state index is 13.8. The van der Waals surface area contributed by atoms with E-state index in [1.807, 2.05) is 0 Å². The molecule has 0 radical (unpaired) electrons. The Kier molecular flexibility index (Phi) is 5.92. The van der Waals surface area contributed by atoms with Crippen molar-refractivity contribution in [2.75, 3.05) is 0 Å². The van der Waals surface area contributed by atoms with E-state index in [-0.39, 0.29) is 6.04 Å². The molecule has 1 saturated carbocycles. The summed E-state index contributed by atoms with van der Waals surface area (Å²) in [5, 5.41) is 0. The Hall–Kier alpha value is -1.00. The van der Waals surface area contributed by atoms with Crippen LogP contribution in [0.4, 0.5) is 8.78 Å². The monoisotopic (exact) mass is 282 g/mol. The lowest BCUT2D eigenvalue weighted by Gasteiger charge is -2.28. The minimum Gasteiger partial charge on any atom is -0.271 e. The van der Waals surface area contributed by atoms with E-state index < -0.39 is 11.6 Å². The first kappa shape index (κ1) is 15.4. The molecular weight excluding hydrogens is 258 g/mol. The van der Waals surface area contributed by atoms with Crippen LogP contribution in [0.15, 0.2) is 18.2 Å². The smallest absolute Gasteiger partial charge is 0.162 e. The predicted octanol–water partition coefficient (Wildman–Crippen LogP) is 3.70. The Morgan fingerprint density at radius 1 is 1.10 bits per heavy atom. The van der Waals surface area contributed by atoms with Crippen molar-refractivity contribution >= 4 is 0 Å². The van der Waals surface area contributed by atoms with E-state index in [0.29, 0.717) is 17.9 Å². The Bertz CT molecular complexity index is 415. The largest absolute Gasteiger partial charge is 0.271 e. The van der Waals surface area contributed by atoms with Gasteiger partial charge in [0.15, 0.2) is 11.6 Å². The minimum absolute atomic E-state index is 0.0180. The minimum atomic E-state index is -0.782. The van der Waals surface area contributed by atoms with Gasteiger partial charge < -0.3 is 0 Å². The van der Waals surface area contributed by atoms with Crippen LogP contribution in [0.2, 0.25) is 0 Å². The van der Waals surface area contributed by atoms with Crippen LogP contribution in [0.5, 0.6) is 0 Å². The third-order valence-corrected chi connectivity index (χ3v) is 4.40. The molecular formula is C16H24F2N2. The molecule has 0 aromatic heterocycles. The second-order valence-electron chi connectivity index (χ2n) is 5.80. The lowest BCUT2D eigenvalue weighted by atomic mass is 9.83. The molecule has 112 valence electrons. The molecule has 1 aromatic rings. The molecule has 1 aliphatic carbocycles. The molecule has 1 fully saturated rings. The molecule has 1 aliphatic rings. The van der Waals surface area contributed by atoms with Gasteiger partial charge in [0, 0.05) is 6.04 Å². The number of halogens is 2. The molecule has 0 spiro atoms. The fourth-order valence-corrected chi connectivity index (χ4v) is 3.19. The molecule has 0 bridgehead atoms. The zero-order chi connectivity index (χ0) is 14.4. The summed E-state index contributed by atoms with van der Waals surface area (Å²) in [6.07, 6.45) is 8.93.